The molecule has 1 aliphatic heterocycles. The van der Waals surface area contributed by atoms with E-state index in [1.54, 1.807) is 49.5 Å². The van der Waals surface area contributed by atoms with Crippen LogP contribution >= 0.6 is 0 Å². The Morgan fingerprint density at radius 1 is 0.820 bits per heavy atom. The highest BCUT2D eigenvalue weighted by Crippen LogP contribution is 2.41. The monoisotopic (exact) mass is 693 g/mol. The third-order valence-corrected chi connectivity index (χ3v) is 8.85. The number of methoxy groups -OCH3 is 5. The van der Waals surface area contributed by atoms with E-state index < -0.39 is 36.6 Å². The van der Waals surface area contributed by atoms with Gasteiger partial charge in [-0.1, -0.05) is 25.1 Å². The molecule has 3 aromatic rings. The molecule has 0 saturated carbocycles. The topological polar surface area (TPSA) is 139 Å². The van der Waals surface area contributed by atoms with Gasteiger partial charge in [-0.05, 0) is 91.6 Å². The minimum atomic E-state index is -1.11. The molecule has 0 radical (unpaired) electrons. The molecular formula is C38H47NO11. The lowest BCUT2D eigenvalue weighted by Gasteiger charge is -2.37. The highest BCUT2D eigenvalue weighted by Gasteiger charge is 2.38. The number of carbonyl (C=O) groups excluding carboxylic acids is 2. The maximum atomic E-state index is 14.3. The number of piperidine rings is 1. The van der Waals surface area contributed by atoms with Gasteiger partial charge in [-0.25, -0.2) is 9.59 Å². The molecule has 4 rings (SSSR count). The standard InChI is InChI=1S/C38H47NO11/c1-7-28(26-21-33(46-4)36(48-6)34(22-26)47-5)37(42)39-18-9-8-13-29(39)38(43)50-30(25-11-10-12-27(20-25)49-23-35(40)41)16-14-24-15-17-31(44-2)32(19-24)45-3/h10-12,15,17,19-22,28-30H,7-9,13-14,16,18,23H2,1-6H3,(H,40,41)/t28-,29+,30?/m1/s1. The zero-order chi connectivity index (χ0) is 36.2. The summed E-state index contributed by atoms with van der Waals surface area (Å²) in [7, 11) is 7.70. The summed E-state index contributed by atoms with van der Waals surface area (Å²) in [6.07, 6.45) is 2.65. The summed E-state index contributed by atoms with van der Waals surface area (Å²) in [6.45, 7) is 1.82. The normalized spacial score (nSPS) is 15.3. The van der Waals surface area contributed by atoms with Crippen molar-refractivity contribution >= 4 is 17.8 Å². The summed E-state index contributed by atoms with van der Waals surface area (Å²) < 4.78 is 39.1. The number of hydrogen-bond donors (Lipinski definition) is 1. The maximum absolute atomic E-state index is 14.3. The zero-order valence-corrected chi connectivity index (χ0v) is 29.6. The van der Waals surface area contributed by atoms with Crippen molar-refractivity contribution in [3.63, 3.8) is 0 Å². The molecule has 12 heteroatoms. The molecule has 1 N–H and O–H groups in total. The molecule has 0 spiro atoms. The Morgan fingerprint density at radius 2 is 1.52 bits per heavy atom. The molecule has 1 saturated heterocycles. The average Bonchev–Trinajstić information content (AvgIpc) is 3.15. The van der Waals surface area contributed by atoms with Crippen molar-refractivity contribution in [2.24, 2.45) is 0 Å². The van der Waals surface area contributed by atoms with Crippen LogP contribution in [-0.4, -0.2) is 82.6 Å². The van der Waals surface area contributed by atoms with Crippen LogP contribution in [0.25, 0.3) is 0 Å². The Bertz CT molecular complexity index is 1600. The molecule has 0 bridgehead atoms. The van der Waals surface area contributed by atoms with E-state index >= 15 is 0 Å². The third kappa shape index (κ3) is 9.10. The van der Waals surface area contributed by atoms with Gasteiger partial charge >= 0.3 is 11.9 Å². The fourth-order valence-electron chi connectivity index (χ4n) is 6.29. The predicted octanol–water partition coefficient (Wildman–Crippen LogP) is 5.99. The molecule has 1 fully saturated rings. The summed E-state index contributed by atoms with van der Waals surface area (Å²) in [5.74, 6) is 0.454. The fraction of sp³-hybridized carbons (Fsp3) is 0.447. The van der Waals surface area contributed by atoms with Crippen molar-refractivity contribution < 1.29 is 52.6 Å². The molecule has 12 nitrogen and oxygen atoms in total. The Balaban J connectivity index is 1.61. The highest BCUT2D eigenvalue weighted by atomic mass is 16.5. The van der Waals surface area contributed by atoms with Crippen molar-refractivity contribution in [1.29, 1.82) is 0 Å². The van der Waals surface area contributed by atoms with Crippen LogP contribution in [0.15, 0.2) is 54.6 Å². The van der Waals surface area contributed by atoms with Crippen LogP contribution in [0.1, 0.15) is 67.7 Å². The van der Waals surface area contributed by atoms with Gasteiger partial charge in [0.15, 0.2) is 29.6 Å². The van der Waals surface area contributed by atoms with Crippen LogP contribution in [0.4, 0.5) is 0 Å². The van der Waals surface area contributed by atoms with Gasteiger partial charge in [0.05, 0.1) is 41.5 Å². The summed E-state index contributed by atoms with van der Waals surface area (Å²) in [6, 6.07) is 15.2. The van der Waals surface area contributed by atoms with Crippen molar-refractivity contribution in [1.82, 2.24) is 4.90 Å². The van der Waals surface area contributed by atoms with Crippen LogP contribution in [0, 0.1) is 0 Å². The molecule has 0 aromatic heterocycles. The van der Waals surface area contributed by atoms with E-state index in [4.69, 9.17) is 38.3 Å². The second-order valence-corrected chi connectivity index (χ2v) is 11.9. The number of rotatable bonds is 17. The number of nitrogens with zero attached hydrogens (tertiary/aromatic N) is 1. The minimum Gasteiger partial charge on any atom is -0.493 e. The zero-order valence-electron chi connectivity index (χ0n) is 29.6. The lowest BCUT2D eigenvalue weighted by Crippen LogP contribution is -2.50. The Hall–Kier alpha value is -5.13. The van der Waals surface area contributed by atoms with E-state index in [1.165, 1.54) is 21.3 Å². The van der Waals surface area contributed by atoms with Gasteiger partial charge in [0.25, 0.3) is 0 Å². The first-order valence-electron chi connectivity index (χ1n) is 16.6. The second-order valence-electron chi connectivity index (χ2n) is 11.9. The van der Waals surface area contributed by atoms with Gasteiger partial charge in [0.1, 0.15) is 17.9 Å². The quantitative estimate of drug-likeness (QED) is 0.167. The SMILES string of the molecule is CC[C@@H](C(=O)N1CCCC[C@H]1C(=O)OC(CCc1ccc(OC)c(OC)c1)c1cccc(OCC(=O)O)c1)c1cc(OC)c(OC)c(OC)c1. The van der Waals surface area contributed by atoms with E-state index in [2.05, 4.69) is 0 Å². The van der Waals surface area contributed by atoms with Gasteiger partial charge in [0, 0.05) is 6.54 Å². The van der Waals surface area contributed by atoms with Crippen LogP contribution in [0.3, 0.4) is 0 Å². The van der Waals surface area contributed by atoms with Crippen molar-refractivity contribution in [2.45, 2.75) is 63.5 Å². The first kappa shape index (κ1) is 37.7. The lowest BCUT2D eigenvalue weighted by molar-refractivity contribution is -0.162. The maximum Gasteiger partial charge on any atom is 0.341 e. The molecule has 1 unspecified atom stereocenters. The number of ether oxygens (including phenoxy) is 7. The molecular weight excluding hydrogens is 646 g/mol. The van der Waals surface area contributed by atoms with Crippen LogP contribution < -0.4 is 28.4 Å². The van der Waals surface area contributed by atoms with Crippen LogP contribution in [-0.2, 0) is 25.5 Å². The number of likely N-dealkylation sites (tertiary alicyclic amines) is 1. The molecule has 270 valence electrons. The number of carboxylic acids is 1. The van der Waals surface area contributed by atoms with E-state index in [-0.39, 0.29) is 5.91 Å². The largest absolute Gasteiger partial charge is 0.493 e. The first-order valence-corrected chi connectivity index (χ1v) is 16.6. The molecule has 50 heavy (non-hydrogen) atoms. The smallest absolute Gasteiger partial charge is 0.341 e. The number of hydrogen-bond acceptors (Lipinski definition) is 10. The Labute approximate surface area is 293 Å². The summed E-state index contributed by atoms with van der Waals surface area (Å²) in [5.41, 5.74) is 2.27. The van der Waals surface area contributed by atoms with Crippen LogP contribution in [0.2, 0.25) is 0 Å². The van der Waals surface area contributed by atoms with Gasteiger partial charge in [0.2, 0.25) is 11.7 Å². The van der Waals surface area contributed by atoms with E-state index in [0.29, 0.717) is 77.9 Å². The second kappa shape index (κ2) is 18.0. The highest BCUT2D eigenvalue weighted by molar-refractivity contribution is 5.89. The Kier molecular flexibility index (Phi) is 13.6. The van der Waals surface area contributed by atoms with E-state index in [1.807, 2.05) is 31.2 Å². The molecule has 1 heterocycles. The molecule has 1 aliphatic rings. The van der Waals surface area contributed by atoms with Gasteiger partial charge in [-0.3, -0.25) is 4.79 Å². The molecule has 3 aromatic carbocycles. The predicted molar refractivity (Wildman–Crippen MR) is 185 cm³/mol. The van der Waals surface area contributed by atoms with Crippen molar-refractivity contribution in [3.05, 3.63) is 71.3 Å². The number of aryl methyl sites for hydroxylation is 1. The van der Waals surface area contributed by atoms with Gasteiger partial charge < -0.3 is 43.2 Å². The fourth-order valence-corrected chi connectivity index (χ4v) is 6.29. The number of benzene rings is 3. The average molecular weight is 694 g/mol. The van der Waals surface area contributed by atoms with Gasteiger partial charge in [-0.15, -0.1) is 0 Å². The van der Waals surface area contributed by atoms with Crippen molar-refractivity contribution in [2.75, 3.05) is 48.7 Å². The minimum absolute atomic E-state index is 0.186. The number of carboxylic acid groups (broad SMARTS) is 1. The van der Waals surface area contributed by atoms with Crippen LogP contribution in [0.5, 0.6) is 34.5 Å². The summed E-state index contributed by atoms with van der Waals surface area (Å²) in [5, 5.41) is 9.12. The van der Waals surface area contributed by atoms with Crippen molar-refractivity contribution in [3.8, 4) is 34.5 Å². The number of esters is 1. The molecule has 0 aliphatic carbocycles. The molecule has 3 atom stereocenters. The number of amides is 1. The van der Waals surface area contributed by atoms with Gasteiger partial charge in [-0.2, -0.15) is 0 Å². The van der Waals surface area contributed by atoms with E-state index in [0.717, 1.165) is 18.4 Å². The number of aliphatic carboxylic acids is 1. The first-order chi connectivity index (χ1) is 24.2. The summed E-state index contributed by atoms with van der Waals surface area (Å²) >= 11 is 0. The van der Waals surface area contributed by atoms with E-state index in [9.17, 15) is 14.4 Å². The number of carbonyl (C=O) groups is 3. The third-order valence-electron chi connectivity index (χ3n) is 8.85. The Morgan fingerprint density at radius 3 is 2.14 bits per heavy atom. The lowest BCUT2D eigenvalue weighted by atomic mass is 9.91. The molecule has 1 amide bonds. The summed E-state index contributed by atoms with van der Waals surface area (Å²) in [4.78, 5) is 41.2.